The normalized spacial score (nSPS) is 11.9. The van der Waals surface area contributed by atoms with Gasteiger partial charge in [0.25, 0.3) is 0 Å². The van der Waals surface area contributed by atoms with E-state index in [0.29, 0.717) is 30.3 Å². The summed E-state index contributed by atoms with van der Waals surface area (Å²) in [4.78, 5) is 24.5. The van der Waals surface area contributed by atoms with Gasteiger partial charge in [-0.05, 0) is 37.0 Å². The number of hydrogen-bond acceptors (Lipinski definition) is 4. The summed E-state index contributed by atoms with van der Waals surface area (Å²) >= 11 is 0. The van der Waals surface area contributed by atoms with Crippen LogP contribution in [0, 0.1) is 5.92 Å². The van der Waals surface area contributed by atoms with Gasteiger partial charge in [-0.1, -0.05) is 117 Å². The van der Waals surface area contributed by atoms with Crippen LogP contribution in [0.15, 0.2) is 24.3 Å². The lowest BCUT2D eigenvalue weighted by Gasteiger charge is -2.10. The highest BCUT2D eigenvalue weighted by molar-refractivity contribution is 5.95. The number of unbranched alkanes of at least 4 members (excludes halogenated alkanes) is 13. The first-order valence-corrected chi connectivity index (χ1v) is 14.0. The first-order valence-electron chi connectivity index (χ1n) is 14.0. The van der Waals surface area contributed by atoms with Gasteiger partial charge in [-0.3, -0.25) is 0 Å². The Balaban J connectivity index is 2.06. The summed E-state index contributed by atoms with van der Waals surface area (Å²) in [5, 5.41) is 0. The molecule has 0 aliphatic carbocycles. The van der Waals surface area contributed by atoms with Crippen molar-refractivity contribution in [2.75, 3.05) is 13.2 Å². The second-order valence-corrected chi connectivity index (χ2v) is 9.75. The summed E-state index contributed by atoms with van der Waals surface area (Å²) in [6.45, 7) is 7.37. The predicted molar refractivity (Wildman–Crippen MR) is 141 cm³/mol. The Morgan fingerprint density at radius 3 is 1.59 bits per heavy atom. The minimum atomic E-state index is -0.384. The number of carbonyl (C=O) groups excluding carboxylic acids is 2. The molecule has 1 aromatic rings. The maximum absolute atomic E-state index is 12.3. The maximum atomic E-state index is 12.3. The zero-order valence-electron chi connectivity index (χ0n) is 22.2. The molecule has 0 aliphatic heterocycles. The molecule has 194 valence electrons. The van der Waals surface area contributed by atoms with Crippen LogP contribution in [0.25, 0.3) is 0 Å². The number of ether oxygens (including phenoxy) is 2. The van der Waals surface area contributed by atoms with Crippen molar-refractivity contribution in [3.8, 4) is 0 Å². The van der Waals surface area contributed by atoms with Gasteiger partial charge < -0.3 is 9.47 Å². The Hall–Kier alpha value is -1.84. The molecular formula is C30H50O4. The van der Waals surface area contributed by atoms with Gasteiger partial charge in [0.05, 0.1) is 24.3 Å². The molecule has 1 aromatic carbocycles. The molecule has 0 heterocycles. The van der Waals surface area contributed by atoms with Crippen LogP contribution >= 0.6 is 0 Å². The van der Waals surface area contributed by atoms with E-state index in [9.17, 15) is 9.59 Å². The second-order valence-electron chi connectivity index (χ2n) is 9.75. The zero-order chi connectivity index (χ0) is 24.9. The van der Waals surface area contributed by atoms with E-state index in [0.717, 1.165) is 25.7 Å². The maximum Gasteiger partial charge on any atom is 0.338 e. The molecule has 4 nitrogen and oxygen atoms in total. The number of rotatable bonds is 21. The van der Waals surface area contributed by atoms with Crippen molar-refractivity contribution in [1.82, 2.24) is 0 Å². The molecule has 0 aliphatic rings. The van der Waals surface area contributed by atoms with E-state index in [4.69, 9.17) is 9.47 Å². The van der Waals surface area contributed by atoms with Crippen molar-refractivity contribution in [2.45, 2.75) is 124 Å². The number of benzene rings is 1. The summed E-state index contributed by atoms with van der Waals surface area (Å²) in [5.74, 6) is -0.224. The monoisotopic (exact) mass is 474 g/mol. The lowest BCUT2D eigenvalue weighted by Crippen LogP contribution is -2.11. The van der Waals surface area contributed by atoms with E-state index in [1.165, 1.54) is 77.0 Å². The highest BCUT2D eigenvalue weighted by atomic mass is 16.5. The Morgan fingerprint density at radius 1 is 0.676 bits per heavy atom. The molecule has 4 heteroatoms. The Morgan fingerprint density at radius 2 is 1.12 bits per heavy atom. The van der Waals surface area contributed by atoms with Crippen molar-refractivity contribution in [3.63, 3.8) is 0 Å². The van der Waals surface area contributed by atoms with Crippen LogP contribution in [0.4, 0.5) is 0 Å². The molecule has 0 aromatic heterocycles. The van der Waals surface area contributed by atoms with Crippen LogP contribution < -0.4 is 0 Å². The Kier molecular flexibility index (Phi) is 18.2. The zero-order valence-corrected chi connectivity index (χ0v) is 22.2. The van der Waals surface area contributed by atoms with E-state index in [1.807, 2.05) is 0 Å². The molecular weight excluding hydrogens is 424 g/mol. The third-order valence-corrected chi connectivity index (χ3v) is 6.61. The van der Waals surface area contributed by atoms with Gasteiger partial charge in [0.1, 0.15) is 0 Å². The van der Waals surface area contributed by atoms with E-state index in [1.54, 1.807) is 24.3 Å². The standard InChI is InChI=1S/C30H50O4/c1-4-6-7-8-9-10-11-12-13-14-15-16-17-18-23-33-29(31)27-20-19-21-28(25-27)30(32)34-24-22-26(3)5-2/h19-21,25-26H,4-18,22-24H2,1-3H3. The van der Waals surface area contributed by atoms with Gasteiger partial charge in [-0.15, -0.1) is 0 Å². The van der Waals surface area contributed by atoms with E-state index in [2.05, 4.69) is 20.8 Å². The number of hydrogen-bond donors (Lipinski definition) is 0. The number of esters is 2. The van der Waals surface area contributed by atoms with E-state index < -0.39 is 0 Å². The van der Waals surface area contributed by atoms with Gasteiger partial charge in [-0.2, -0.15) is 0 Å². The molecule has 34 heavy (non-hydrogen) atoms. The lowest BCUT2D eigenvalue weighted by atomic mass is 10.0. The van der Waals surface area contributed by atoms with Crippen molar-refractivity contribution < 1.29 is 19.1 Å². The van der Waals surface area contributed by atoms with Crippen LogP contribution in [-0.2, 0) is 9.47 Å². The van der Waals surface area contributed by atoms with Crippen molar-refractivity contribution in [1.29, 1.82) is 0 Å². The second kappa shape index (κ2) is 20.5. The smallest absolute Gasteiger partial charge is 0.338 e. The molecule has 0 amide bonds. The SMILES string of the molecule is CCCCCCCCCCCCCCCCOC(=O)c1cccc(C(=O)OCCC(C)CC)c1. The molecule has 1 unspecified atom stereocenters. The van der Waals surface area contributed by atoms with Gasteiger partial charge >= 0.3 is 11.9 Å². The molecule has 0 saturated carbocycles. The third kappa shape index (κ3) is 15.1. The highest BCUT2D eigenvalue weighted by Crippen LogP contribution is 2.14. The van der Waals surface area contributed by atoms with Crippen LogP contribution in [0.5, 0.6) is 0 Å². The summed E-state index contributed by atoms with van der Waals surface area (Å²) < 4.78 is 10.7. The average molecular weight is 475 g/mol. The molecule has 0 radical (unpaired) electrons. The summed E-state index contributed by atoms with van der Waals surface area (Å²) in [5.41, 5.74) is 0.803. The molecule has 0 spiro atoms. The third-order valence-electron chi connectivity index (χ3n) is 6.61. The summed E-state index contributed by atoms with van der Waals surface area (Å²) in [6, 6.07) is 6.63. The number of carbonyl (C=O) groups is 2. The van der Waals surface area contributed by atoms with Crippen LogP contribution in [0.1, 0.15) is 144 Å². The molecule has 0 saturated heterocycles. The molecule has 0 fully saturated rings. The molecule has 0 bridgehead atoms. The van der Waals surface area contributed by atoms with Crippen molar-refractivity contribution >= 4 is 11.9 Å². The Bertz CT molecular complexity index is 655. The van der Waals surface area contributed by atoms with E-state index >= 15 is 0 Å². The average Bonchev–Trinajstić information content (AvgIpc) is 2.86. The largest absolute Gasteiger partial charge is 0.462 e. The fourth-order valence-electron chi connectivity index (χ4n) is 3.96. The molecule has 0 N–H and O–H groups in total. The van der Waals surface area contributed by atoms with Crippen molar-refractivity contribution in [3.05, 3.63) is 35.4 Å². The van der Waals surface area contributed by atoms with Crippen LogP contribution in [0.2, 0.25) is 0 Å². The van der Waals surface area contributed by atoms with Crippen LogP contribution in [0.3, 0.4) is 0 Å². The van der Waals surface area contributed by atoms with Gasteiger partial charge in [-0.25, -0.2) is 9.59 Å². The quantitative estimate of drug-likeness (QED) is 0.132. The van der Waals surface area contributed by atoms with Gasteiger partial charge in [0, 0.05) is 0 Å². The first kappa shape index (κ1) is 30.2. The fraction of sp³-hybridized carbons (Fsp3) is 0.733. The fourth-order valence-corrected chi connectivity index (χ4v) is 3.96. The Labute approximate surface area is 209 Å². The minimum Gasteiger partial charge on any atom is -0.462 e. The first-order chi connectivity index (χ1) is 16.6. The summed E-state index contributed by atoms with van der Waals surface area (Å²) in [7, 11) is 0. The highest BCUT2D eigenvalue weighted by Gasteiger charge is 2.13. The molecule has 1 atom stereocenters. The van der Waals surface area contributed by atoms with E-state index in [-0.39, 0.29) is 11.9 Å². The minimum absolute atomic E-state index is 0.371. The van der Waals surface area contributed by atoms with Gasteiger partial charge in [0.2, 0.25) is 0 Å². The molecule has 1 rings (SSSR count). The summed E-state index contributed by atoms with van der Waals surface area (Å²) in [6.07, 6.45) is 20.1. The van der Waals surface area contributed by atoms with Crippen LogP contribution in [-0.4, -0.2) is 25.2 Å². The van der Waals surface area contributed by atoms with Gasteiger partial charge in [0.15, 0.2) is 0 Å². The lowest BCUT2D eigenvalue weighted by molar-refractivity contribution is 0.0484. The predicted octanol–water partition coefficient (Wildman–Crippen LogP) is 8.92. The van der Waals surface area contributed by atoms with Crippen molar-refractivity contribution in [2.24, 2.45) is 5.92 Å². The topological polar surface area (TPSA) is 52.6 Å².